The predicted molar refractivity (Wildman–Crippen MR) is 143 cm³/mol. The smallest absolute Gasteiger partial charge is 0.302 e. The van der Waals surface area contributed by atoms with Crippen LogP contribution in [-0.2, 0) is 16.0 Å². The maximum Gasteiger partial charge on any atom is 0.302 e. The second-order valence-corrected chi connectivity index (χ2v) is 10.2. The maximum atomic E-state index is 14.1. The van der Waals surface area contributed by atoms with Gasteiger partial charge < -0.3 is 19.5 Å². The van der Waals surface area contributed by atoms with Gasteiger partial charge >= 0.3 is 5.97 Å². The standard InChI is InChI=1S/C30H36N4O3/c1-22(35)37-20-25-14-8-9-15-27(25)34-21-32-28(29(34)24-12-6-3-7-13-24)30(36)33-17-16-31-19-26(33)18-23-10-4-2-5-11-23/h2-7,10-13,21,25-27,31H,8-9,14-20H2,1H3/t25-,26-,27-/m1/s1. The second-order valence-electron chi connectivity index (χ2n) is 10.2. The number of carbonyl (C=O) groups excluding carboxylic acids is 2. The Morgan fingerprint density at radius 2 is 1.76 bits per heavy atom. The molecule has 2 heterocycles. The second kappa shape index (κ2) is 11.7. The van der Waals surface area contributed by atoms with Crippen LogP contribution in [0.2, 0.25) is 0 Å². The zero-order chi connectivity index (χ0) is 25.6. The van der Waals surface area contributed by atoms with Gasteiger partial charge in [0, 0.05) is 50.1 Å². The van der Waals surface area contributed by atoms with E-state index in [2.05, 4.69) is 22.0 Å². The van der Waals surface area contributed by atoms with Gasteiger partial charge in [0.1, 0.15) is 0 Å². The number of imidazole rings is 1. The Balaban J connectivity index is 1.49. The molecule has 1 aliphatic heterocycles. The summed E-state index contributed by atoms with van der Waals surface area (Å²) in [6, 6.07) is 20.6. The lowest BCUT2D eigenvalue weighted by Crippen LogP contribution is -2.54. The molecule has 0 spiro atoms. The van der Waals surface area contributed by atoms with Gasteiger partial charge in [-0.25, -0.2) is 4.98 Å². The van der Waals surface area contributed by atoms with Gasteiger partial charge in [0.15, 0.2) is 5.69 Å². The van der Waals surface area contributed by atoms with E-state index in [1.54, 1.807) is 0 Å². The normalized spacial score (nSPS) is 22.0. The number of piperazine rings is 1. The van der Waals surface area contributed by atoms with Crippen LogP contribution in [0.1, 0.15) is 54.7 Å². The molecule has 1 saturated heterocycles. The minimum absolute atomic E-state index is 0.0209. The van der Waals surface area contributed by atoms with Crippen molar-refractivity contribution in [2.45, 2.75) is 51.1 Å². The van der Waals surface area contributed by atoms with Gasteiger partial charge in [-0.3, -0.25) is 9.59 Å². The lowest BCUT2D eigenvalue weighted by molar-refractivity contribution is -0.143. The van der Waals surface area contributed by atoms with Crippen LogP contribution in [-0.4, -0.2) is 58.6 Å². The number of carbonyl (C=O) groups is 2. The van der Waals surface area contributed by atoms with Gasteiger partial charge in [-0.2, -0.15) is 0 Å². The van der Waals surface area contributed by atoms with Crippen molar-refractivity contribution < 1.29 is 14.3 Å². The average molecular weight is 501 g/mol. The molecular weight excluding hydrogens is 464 g/mol. The molecule has 5 rings (SSSR count). The van der Waals surface area contributed by atoms with E-state index in [1.807, 2.05) is 59.8 Å². The van der Waals surface area contributed by atoms with E-state index in [0.29, 0.717) is 18.8 Å². The maximum absolute atomic E-state index is 14.1. The molecule has 7 nitrogen and oxygen atoms in total. The summed E-state index contributed by atoms with van der Waals surface area (Å²) in [5.74, 6) is -0.0769. The quantitative estimate of drug-likeness (QED) is 0.484. The lowest BCUT2D eigenvalue weighted by atomic mass is 9.84. The molecular formula is C30H36N4O3. The molecule has 1 aliphatic carbocycles. The number of aromatic nitrogens is 2. The number of ether oxygens (including phenoxy) is 1. The third-order valence-corrected chi connectivity index (χ3v) is 7.70. The van der Waals surface area contributed by atoms with E-state index in [0.717, 1.165) is 56.5 Å². The van der Waals surface area contributed by atoms with E-state index >= 15 is 0 Å². The van der Waals surface area contributed by atoms with Crippen molar-refractivity contribution in [2.75, 3.05) is 26.2 Å². The fourth-order valence-electron chi connectivity index (χ4n) is 5.86. The van der Waals surface area contributed by atoms with Crippen LogP contribution in [0.4, 0.5) is 0 Å². The number of rotatable bonds is 7. The Hall–Kier alpha value is -3.45. The first kappa shape index (κ1) is 25.2. The summed E-state index contributed by atoms with van der Waals surface area (Å²) in [6.07, 6.45) is 6.82. The first-order valence-corrected chi connectivity index (χ1v) is 13.4. The molecule has 0 radical (unpaired) electrons. The summed E-state index contributed by atoms with van der Waals surface area (Å²) < 4.78 is 7.63. The fourth-order valence-corrected chi connectivity index (χ4v) is 5.86. The fraction of sp³-hybridized carbons (Fsp3) is 0.433. The summed E-state index contributed by atoms with van der Waals surface area (Å²) in [4.78, 5) is 32.4. The molecule has 194 valence electrons. The Kier molecular flexibility index (Phi) is 7.99. The largest absolute Gasteiger partial charge is 0.465 e. The SMILES string of the molecule is CC(=O)OC[C@H]1CCCC[C@H]1n1cnc(C(=O)N2CCNC[C@H]2Cc2ccccc2)c1-c1ccccc1. The number of nitrogens with one attached hydrogen (secondary N) is 1. The summed E-state index contributed by atoms with van der Waals surface area (Å²) in [6.45, 7) is 4.03. The number of hydrogen-bond donors (Lipinski definition) is 1. The first-order chi connectivity index (χ1) is 18.1. The topological polar surface area (TPSA) is 76.5 Å². The van der Waals surface area contributed by atoms with Gasteiger partial charge in [-0.1, -0.05) is 73.5 Å². The van der Waals surface area contributed by atoms with Gasteiger partial charge in [0.2, 0.25) is 0 Å². The number of amides is 1. The van der Waals surface area contributed by atoms with E-state index in [9.17, 15) is 9.59 Å². The molecule has 1 saturated carbocycles. The number of benzene rings is 2. The monoisotopic (exact) mass is 500 g/mol. The van der Waals surface area contributed by atoms with E-state index < -0.39 is 0 Å². The molecule has 3 atom stereocenters. The molecule has 3 aromatic rings. The van der Waals surface area contributed by atoms with Crippen LogP contribution in [0.5, 0.6) is 0 Å². The van der Waals surface area contributed by atoms with Gasteiger partial charge in [-0.15, -0.1) is 0 Å². The molecule has 1 aromatic heterocycles. The average Bonchev–Trinajstić information content (AvgIpc) is 3.38. The highest BCUT2D eigenvalue weighted by Gasteiger charge is 2.34. The number of nitrogens with zero attached hydrogens (tertiary/aromatic N) is 3. The van der Waals surface area contributed by atoms with Gasteiger partial charge in [0.05, 0.1) is 18.6 Å². The minimum atomic E-state index is -0.253. The molecule has 1 N–H and O–H groups in total. The summed E-state index contributed by atoms with van der Waals surface area (Å²) in [5.41, 5.74) is 3.57. The summed E-state index contributed by atoms with van der Waals surface area (Å²) in [7, 11) is 0. The zero-order valence-corrected chi connectivity index (χ0v) is 21.5. The third-order valence-electron chi connectivity index (χ3n) is 7.70. The molecule has 7 heteroatoms. The van der Waals surface area contributed by atoms with Crippen molar-refractivity contribution >= 4 is 11.9 Å². The van der Waals surface area contributed by atoms with Crippen LogP contribution in [0.25, 0.3) is 11.3 Å². The van der Waals surface area contributed by atoms with Gasteiger partial charge in [-0.05, 0) is 24.8 Å². The van der Waals surface area contributed by atoms with Crippen molar-refractivity contribution in [1.82, 2.24) is 19.8 Å². The zero-order valence-electron chi connectivity index (χ0n) is 21.5. The molecule has 2 fully saturated rings. The minimum Gasteiger partial charge on any atom is -0.465 e. The van der Waals surface area contributed by atoms with Crippen LogP contribution in [0, 0.1) is 5.92 Å². The Morgan fingerprint density at radius 1 is 1.03 bits per heavy atom. The Labute approximate surface area is 218 Å². The molecule has 0 bridgehead atoms. The van der Waals surface area contributed by atoms with Crippen LogP contribution in [0.15, 0.2) is 67.0 Å². The van der Waals surface area contributed by atoms with Crippen molar-refractivity contribution in [3.8, 4) is 11.3 Å². The van der Waals surface area contributed by atoms with Crippen molar-refractivity contribution in [3.05, 3.63) is 78.2 Å². The molecule has 37 heavy (non-hydrogen) atoms. The Morgan fingerprint density at radius 3 is 2.51 bits per heavy atom. The molecule has 0 unspecified atom stereocenters. The third kappa shape index (κ3) is 5.77. The van der Waals surface area contributed by atoms with Crippen molar-refractivity contribution in [2.24, 2.45) is 5.92 Å². The summed E-state index contributed by atoms with van der Waals surface area (Å²) in [5, 5.41) is 3.46. The molecule has 1 amide bonds. The number of hydrogen-bond acceptors (Lipinski definition) is 5. The molecule has 2 aliphatic rings. The molecule has 2 aromatic carbocycles. The van der Waals surface area contributed by atoms with Gasteiger partial charge in [0.25, 0.3) is 5.91 Å². The summed E-state index contributed by atoms with van der Waals surface area (Å²) >= 11 is 0. The first-order valence-electron chi connectivity index (χ1n) is 13.4. The van der Waals surface area contributed by atoms with Crippen LogP contribution in [0.3, 0.4) is 0 Å². The number of esters is 1. The van der Waals surface area contributed by atoms with Crippen molar-refractivity contribution in [3.63, 3.8) is 0 Å². The highest BCUT2D eigenvalue weighted by Crippen LogP contribution is 2.38. The predicted octanol–water partition coefficient (Wildman–Crippen LogP) is 4.50. The highest BCUT2D eigenvalue weighted by molar-refractivity contribution is 5.98. The Bertz CT molecular complexity index is 1190. The van der Waals surface area contributed by atoms with Crippen LogP contribution >= 0.6 is 0 Å². The highest BCUT2D eigenvalue weighted by atomic mass is 16.5. The van der Waals surface area contributed by atoms with Crippen LogP contribution < -0.4 is 5.32 Å². The van der Waals surface area contributed by atoms with Crippen molar-refractivity contribution in [1.29, 1.82) is 0 Å². The lowest BCUT2D eigenvalue weighted by Gasteiger charge is -2.36. The van der Waals surface area contributed by atoms with E-state index in [1.165, 1.54) is 12.5 Å². The van der Waals surface area contributed by atoms with E-state index in [-0.39, 0.29) is 29.9 Å². The van der Waals surface area contributed by atoms with E-state index in [4.69, 9.17) is 9.72 Å².